The standard InChI is InChI=1S/C18H18O3/c1-11-9-12(2)16-15(10-11)18(3,17(19)21-16)13-5-7-14(20-4)8-6-13/h5-10H,1-4H3. The van der Waals surface area contributed by atoms with Gasteiger partial charge in [-0.25, -0.2) is 0 Å². The lowest BCUT2D eigenvalue weighted by Crippen LogP contribution is -2.31. The summed E-state index contributed by atoms with van der Waals surface area (Å²) in [6.07, 6.45) is 0. The first-order valence-corrected chi connectivity index (χ1v) is 6.95. The van der Waals surface area contributed by atoms with Gasteiger partial charge in [-0.3, -0.25) is 4.79 Å². The molecule has 0 saturated carbocycles. The summed E-state index contributed by atoms with van der Waals surface area (Å²) in [7, 11) is 1.63. The summed E-state index contributed by atoms with van der Waals surface area (Å²) in [5.41, 5.74) is 3.21. The molecule has 1 aliphatic rings. The third kappa shape index (κ3) is 1.92. The third-order valence-electron chi connectivity index (χ3n) is 4.23. The van der Waals surface area contributed by atoms with E-state index >= 15 is 0 Å². The summed E-state index contributed by atoms with van der Waals surface area (Å²) < 4.78 is 10.7. The monoisotopic (exact) mass is 282 g/mol. The van der Waals surface area contributed by atoms with Crippen LogP contribution in [0.2, 0.25) is 0 Å². The van der Waals surface area contributed by atoms with Crippen molar-refractivity contribution in [3.05, 3.63) is 58.7 Å². The van der Waals surface area contributed by atoms with Crippen molar-refractivity contribution in [2.24, 2.45) is 0 Å². The Morgan fingerprint density at radius 1 is 1.10 bits per heavy atom. The summed E-state index contributed by atoms with van der Waals surface area (Å²) in [5, 5.41) is 0. The molecule has 2 aromatic rings. The average Bonchev–Trinajstić information content (AvgIpc) is 2.73. The molecule has 0 aliphatic carbocycles. The van der Waals surface area contributed by atoms with Crippen molar-refractivity contribution in [3.63, 3.8) is 0 Å². The number of ether oxygens (including phenoxy) is 2. The second kappa shape index (κ2) is 4.62. The minimum atomic E-state index is -0.765. The van der Waals surface area contributed by atoms with Gasteiger partial charge >= 0.3 is 5.97 Å². The van der Waals surface area contributed by atoms with Crippen molar-refractivity contribution >= 4 is 5.97 Å². The molecule has 0 radical (unpaired) electrons. The van der Waals surface area contributed by atoms with E-state index in [0.717, 1.165) is 28.0 Å². The van der Waals surface area contributed by atoms with E-state index in [1.165, 1.54) is 0 Å². The van der Waals surface area contributed by atoms with Crippen LogP contribution in [0.15, 0.2) is 36.4 Å². The molecule has 0 spiro atoms. The quantitative estimate of drug-likeness (QED) is 0.624. The van der Waals surface area contributed by atoms with Gasteiger partial charge in [0, 0.05) is 5.56 Å². The van der Waals surface area contributed by atoms with Crippen LogP contribution in [-0.2, 0) is 10.2 Å². The maximum absolute atomic E-state index is 12.5. The number of carbonyl (C=O) groups is 1. The van der Waals surface area contributed by atoms with Crippen LogP contribution in [0.1, 0.15) is 29.2 Å². The van der Waals surface area contributed by atoms with E-state index in [9.17, 15) is 4.79 Å². The molecule has 0 amide bonds. The van der Waals surface area contributed by atoms with E-state index < -0.39 is 5.41 Å². The first kappa shape index (κ1) is 13.7. The first-order chi connectivity index (χ1) is 9.96. The van der Waals surface area contributed by atoms with Gasteiger partial charge in [0.2, 0.25) is 0 Å². The van der Waals surface area contributed by atoms with Crippen LogP contribution in [0.5, 0.6) is 11.5 Å². The first-order valence-electron chi connectivity index (χ1n) is 6.95. The summed E-state index contributed by atoms with van der Waals surface area (Å²) in [6, 6.07) is 11.7. The highest BCUT2D eigenvalue weighted by Crippen LogP contribution is 2.46. The lowest BCUT2D eigenvalue weighted by atomic mass is 9.76. The molecule has 1 unspecified atom stereocenters. The van der Waals surface area contributed by atoms with Gasteiger partial charge in [0.05, 0.1) is 7.11 Å². The smallest absolute Gasteiger partial charge is 0.326 e. The topological polar surface area (TPSA) is 35.5 Å². The number of benzene rings is 2. The van der Waals surface area contributed by atoms with Crippen molar-refractivity contribution in [2.75, 3.05) is 7.11 Å². The van der Waals surface area contributed by atoms with Crippen molar-refractivity contribution in [3.8, 4) is 11.5 Å². The Morgan fingerprint density at radius 3 is 2.38 bits per heavy atom. The lowest BCUT2D eigenvalue weighted by Gasteiger charge is -2.21. The minimum Gasteiger partial charge on any atom is -0.497 e. The van der Waals surface area contributed by atoms with Crippen LogP contribution in [0, 0.1) is 13.8 Å². The zero-order chi connectivity index (χ0) is 15.2. The Labute approximate surface area is 124 Å². The number of hydrogen-bond donors (Lipinski definition) is 0. The van der Waals surface area contributed by atoms with Gasteiger partial charge in [-0.05, 0) is 44.0 Å². The molecular weight excluding hydrogens is 264 g/mol. The van der Waals surface area contributed by atoms with Crippen molar-refractivity contribution in [2.45, 2.75) is 26.2 Å². The van der Waals surface area contributed by atoms with E-state index in [-0.39, 0.29) is 5.97 Å². The maximum Gasteiger partial charge on any atom is 0.326 e. The average molecular weight is 282 g/mol. The van der Waals surface area contributed by atoms with E-state index in [1.54, 1.807) is 7.11 Å². The second-order valence-corrected chi connectivity index (χ2v) is 5.70. The van der Waals surface area contributed by atoms with Crippen molar-refractivity contribution < 1.29 is 14.3 Å². The van der Waals surface area contributed by atoms with Gasteiger partial charge in [-0.1, -0.05) is 29.8 Å². The summed E-state index contributed by atoms with van der Waals surface area (Å²) in [5.74, 6) is 1.25. The molecule has 0 N–H and O–H groups in total. The molecule has 1 heterocycles. The summed E-state index contributed by atoms with van der Waals surface area (Å²) >= 11 is 0. The van der Waals surface area contributed by atoms with Gasteiger partial charge < -0.3 is 9.47 Å². The number of fused-ring (bicyclic) bond motifs is 1. The molecule has 3 rings (SSSR count). The molecule has 3 nitrogen and oxygen atoms in total. The Balaban J connectivity index is 2.19. The van der Waals surface area contributed by atoms with Crippen LogP contribution >= 0.6 is 0 Å². The Kier molecular flexibility index (Phi) is 3.01. The molecule has 0 aromatic heterocycles. The minimum absolute atomic E-state index is 0.226. The molecule has 0 bridgehead atoms. The fraction of sp³-hybridized carbons (Fsp3) is 0.278. The molecule has 21 heavy (non-hydrogen) atoms. The van der Waals surface area contributed by atoms with Crippen LogP contribution in [0.25, 0.3) is 0 Å². The highest BCUT2D eigenvalue weighted by Gasteiger charge is 2.47. The van der Waals surface area contributed by atoms with Gasteiger partial charge in [0.25, 0.3) is 0 Å². The highest BCUT2D eigenvalue weighted by molar-refractivity contribution is 5.94. The second-order valence-electron chi connectivity index (χ2n) is 5.70. The number of aryl methyl sites for hydroxylation is 2. The van der Waals surface area contributed by atoms with Gasteiger partial charge in [0.15, 0.2) is 0 Å². The van der Waals surface area contributed by atoms with Gasteiger partial charge in [0.1, 0.15) is 16.9 Å². The summed E-state index contributed by atoms with van der Waals surface area (Å²) in [6.45, 7) is 5.92. The van der Waals surface area contributed by atoms with Crippen LogP contribution in [-0.4, -0.2) is 13.1 Å². The predicted octanol–water partition coefficient (Wildman–Crippen LogP) is 3.54. The van der Waals surface area contributed by atoms with E-state index in [1.807, 2.05) is 57.2 Å². The Hall–Kier alpha value is -2.29. The fourth-order valence-electron chi connectivity index (χ4n) is 2.96. The molecule has 0 saturated heterocycles. The van der Waals surface area contributed by atoms with Crippen molar-refractivity contribution in [1.82, 2.24) is 0 Å². The summed E-state index contributed by atoms with van der Waals surface area (Å²) in [4.78, 5) is 12.5. The largest absolute Gasteiger partial charge is 0.497 e. The number of hydrogen-bond acceptors (Lipinski definition) is 3. The number of methoxy groups -OCH3 is 1. The lowest BCUT2D eigenvalue weighted by molar-refractivity contribution is -0.136. The van der Waals surface area contributed by atoms with Gasteiger partial charge in [-0.2, -0.15) is 0 Å². The van der Waals surface area contributed by atoms with E-state index in [2.05, 4.69) is 0 Å². The zero-order valence-electron chi connectivity index (χ0n) is 12.7. The van der Waals surface area contributed by atoms with E-state index in [0.29, 0.717) is 5.75 Å². The molecule has 108 valence electrons. The number of rotatable bonds is 2. The predicted molar refractivity (Wildman–Crippen MR) is 81.0 cm³/mol. The van der Waals surface area contributed by atoms with Crippen molar-refractivity contribution in [1.29, 1.82) is 0 Å². The molecular formula is C18H18O3. The zero-order valence-corrected chi connectivity index (χ0v) is 12.7. The highest BCUT2D eigenvalue weighted by atomic mass is 16.5. The maximum atomic E-state index is 12.5. The van der Waals surface area contributed by atoms with Crippen LogP contribution in [0.3, 0.4) is 0 Å². The van der Waals surface area contributed by atoms with E-state index in [4.69, 9.17) is 9.47 Å². The molecule has 3 heteroatoms. The number of esters is 1. The number of carbonyl (C=O) groups excluding carboxylic acids is 1. The van der Waals surface area contributed by atoms with Crippen LogP contribution < -0.4 is 9.47 Å². The SMILES string of the molecule is COc1ccc(C2(C)C(=O)Oc3c(C)cc(C)cc32)cc1. The molecule has 2 aromatic carbocycles. The normalized spacial score (nSPS) is 20.1. The van der Waals surface area contributed by atoms with Crippen LogP contribution in [0.4, 0.5) is 0 Å². The Bertz CT molecular complexity index is 716. The molecule has 1 atom stereocenters. The van der Waals surface area contributed by atoms with Gasteiger partial charge in [-0.15, -0.1) is 0 Å². The molecule has 1 aliphatic heterocycles. The molecule has 0 fully saturated rings. The Morgan fingerprint density at radius 2 is 1.76 bits per heavy atom. The fourth-order valence-corrected chi connectivity index (χ4v) is 2.96. The third-order valence-corrected chi connectivity index (χ3v) is 4.23.